The zero-order valence-electron chi connectivity index (χ0n) is 15.7. The molecule has 0 aliphatic carbocycles. The Hall–Kier alpha value is -1.99. The number of ether oxygens (including phenoxy) is 1. The van der Waals surface area contributed by atoms with Crippen LogP contribution < -0.4 is 4.74 Å². The second-order valence-electron chi connectivity index (χ2n) is 6.39. The van der Waals surface area contributed by atoms with Gasteiger partial charge in [0.15, 0.2) is 15.4 Å². The number of oxazole rings is 1. The van der Waals surface area contributed by atoms with E-state index in [0.29, 0.717) is 22.9 Å². The minimum atomic E-state index is -3.24. The summed E-state index contributed by atoms with van der Waals surface area (Å²) in [4.78, 5) is 4.67. The number of nitrogens with zero attached hydrogens (tertiary/aromatic N) is 1. The van der Waals surface area contributed by atoms with Crippen LogP contribution in [0.2, 0.25) is 0 Å². The highest BCUT2D eigenvalue weighted by Gasteiger charge is 2.14. The summed E-state index contributed by atoms with van der Waals surface area (Å²) in [5, 5.41) is 0.544. The summed E-state index contributed by atoms with van der Waals surface area (Å²) < 4.78 is 35.4. The molecule has 0 aliphatic heterocycles. The van der Waals surface area contributed by atoms with E-state index in [2.05, 4.69) is 24.9 Å². The fourth-order valence-corrected chi connectivity index (χ4v) is 4.38. The molecule has 0 saturated carbocycles. The Kier molecular flexibility index (Phi) is 6.11. The fourth-order valence-electron chi connectivity index (χ4n) is 2.73. The molecular formula is C20H23NO4S2. The van der Waals surface area contributed by atoms with E-state index in [0.717, 1.165) is 17.9 Å². The third-order valence-electron chi connectivity index (χ3n) is 4.06. The van der Waals surface area contributed by atoms with Crippen LogP contribution >= 0.6 is 11.8 Å². The van der Waals surface area contributed by atoms with Gasteiger partial charge in [-0.15, -0.1) is 0 Å². The van der Waals surface area contributed by atoms with E-state index >= 15 is 0 Å². The molecule has 0 unspecified atom stereocenters. The van der Waals surface area contributed by atoms with Crippen molar-refractivity contribution < 1.29 is 17.6 Å². The predicted octanol–water partition coefficient (Wildman–Crippen LogP) is 4.80. The Bertz CT molecular complexity index is 1020. The summed E-state index contributed by atoms with van der Waals surface area (Å²) in [6.07, 6.45) is 0.853. The molecule has 0 N–H and O–H groups in total. The quantitative estimate of drug-likeness (QED) is 0.396. The van der Waals surface area contributed by atoms with Crippen molar-refractivity contribution in [1.29, 1.82) is 0 Å². The number of fused-ring (bicyclic) bond motifs is 1. The zero-order chi connectivity index (χ0) is 19.4. The van der Waals surface area contributed by atoms with Crippen LogP contribution in [-0.2, 0) is 9.84 Å². The molecule has 0 radical (unpaired) electrons. The van der Waals surface area contributed by atoms with E-state index in [1.165, 1.54) is 22.9 Å². The van der Waals surface area contributed by atoms with Crippen LogP contribution in [0.1, 0.15) is 24.5 Å². The highest BCUT2D eigenvalue weighted by Crippen LogP contribution is 2.26. The highest BCUT2D eigenvalue weighted by molar-refractivity contribution is 7.99. The monoisotopic (exact) mass is 405 g/mol. The van der Waals surface area contributed by atoms with E-state index in [9.17, 15) is 8.42 Å². The van der Waals surface area contributed by atoms with Crippen molar-refractivity contribution in [2.24, 2.45) is 0 Å². The topological polar surface area (TPSA) is 69.4 Å². The molecule has 5 nitrogen and oxygen atoms in total. The number of thioether (sulfide) groups is 1. The molecule has 0 bridgehead atoms. The average Bonchev–Trinajstić information content (AvgIpc) is 3.02. The lowest BCUT2D eigenvalue weighted by Crippen LogP contribution is -2.03. The number of benzene rings is 2. The SMILES string of the molecule is CCS(=O)(=O)c1ccc2oc(SCCCOc3cc(C)cc(C)c3)nc2c1. The van der Waals surface area contributed by atoms with Crippen LogP contribution in [0.15, 0.2) is 50.9 Å². The van der Waals surface area contributed by atoms with E-state index in [4.69, 9.17) is 9.15 Å². The Balaban J connectivity index is 1.54. The molecule has 7 heteroatoms. The second kappa shape index (κ2) is 8.35. The van der Waals surface area contributed by atoms with Crippen molar-refractivity contribution in [2.45, 2.75) is 37.3 Å². The Morgan fingerprint density at radius 3 is 2.56 bits per heavy atom. The van der Waals surface area contributed by atoms with Crippen LogP contribution in [-0.4, -0.2) is 31.5 Å². The Morgan fingerprint density at radius 2 is 1.85 bits per heavy atom. The maximum absolute atomic E-state index is 12.0. The molecule has 1 heterocycles. The van der Waals surface area contributed by atoms with Gasteiger partial charge in [-0.25, -0.2) is 13.4 Å². The lowest BCUT2D eigenvalue weighted by molar-refractivity contribution is 0.318. The summed E-state index contributed by atoms with van der Waals surface area (Å²) in [5.41, 5.74) is 3.54. The minimum absolute atomic E-state index is 0.0679. The first kappa shape index (κ1) is 19.8. The number of rotatable bonds is 8. The summed E-state index contributed by atoms with van der Waals surface area (Å²) in [6, 6.07) is 11.0. The van der Waals surface area contributed by atoms with E-state index in [1.54, 1.807) is 25.1 Å². The van der Waals surface area contributed by atoms with Gasteiger partial charge in [0.1, 0.15) is 11.3 Å². The molecule has 3 aromatic rings. The van der Waals surface area contributed by atoms with Crippen LogP contribution in [0.5, 0.6) is 5.75 Å². The van der Waals surface area contributed by atoms with Gasteiger partial charge in [-0.05, 0) is 61.7 Å². The fraction of sp³-hybridized carbons (Fsp3) is 0.350. The van der Waals surface area contributed by atoms with Gasteiger partial charge < -0.3 is 9.15 Å². The summed E-state index contributed by atoms with van der Waals surface area (Å²) >= 11 is 1.50. The summed E-state index contributed by atoms with van der Waals surface area (Å²) in [6.45, 7) is 6.36. The summed E-state index contributed by atoms with van der Waals surface area (Å²) in [5.74, 6) is 1.76. The van der Waals surface area contributed by atoms with Gasteiger partial charge in [0.2, 0.25) is 0 Å². The smallest absolute Gasteiger partial charge is 0.256 e. The third kappa shape index (κ3) is 5.05. The van der Waals surface area contributed by atoms with E-state index in [-0.39, 0.29) is 10.6 Å². The molecule has 3 rings (SSSR count). The van der Waals surface area contributed by atoms with Gasteiger partial charge in [0, 0.05) is 5.75 Å². The van der Waals surface area contributed by atoms with E-state index < -0.39 is 9.84 Å². The molecule has 0 amide bonds. The molecule has 0 saturated heterocycles. The van der Waals surface area contributed by atoms with Crippen molar-refractivity contribution in [2.75, 3.05) is 18.1 Å². The molecule has 0 aliphatic rings. The van der Waals surface area contributed by atoms with Gasteiger partial charge in [-0.2, -0.15) is 0 Å². The Labute approximate surface area is 164 Å². The first-order chi connectivity index (χ1) is 12.9. The molecular weight excluding hydrogens is 382 g/mol. The van der Waals surface area contributed by atoms with Gasteiger partial charge in [0.25, 0.3) is 5.22 Å². The Morgan fingerprint density at radius 1 is 1.11 bits per heavy atom. The van der Waals surface area contributed by atoms with Gasteiger partial charge in [0.05, 0.1) is 17.3 Å². The van der Waals surface area contributed by atoms with Crippen LogP contribution in [0.3, 0.4) is 0 Å². The van der Waals surface area contributed by atoms with Crippen molar-refractivity contribution in [3.05, 3.63) is 47.5 Å². The van der Waals surface area contributed by atoms with Gasteiger partial charge in [-0.3, -0.25) is 0 Å². The number of hydrogen-bond acceptors (Lipinski definition) is 6. The lowest BCUT2D eigenvalue weighted by Gasteiger charge is -2.07. The van der Waals surface area contributed by atoms with E-state index in [1.807, 2.05) is 12.1 Å². The molecule has 0 spiro atoms. The van der Waals surface area contributed by atoms with Crippen LogP contribution in [0, 0.1) is 13.8 Å². The van der Waals surface area contributed by atoms with Gasteiger partial charge in [-0.1, -0.05) is 24.8 Å². The number of aryl methyl sites for hydroxylation is 2. The van der Waals surface area contributed by atoms with Crippen molar-refractivity contribution in [3.63, 3.8) is 0 Å². The van der Waals surface area contributed by atoms with Crippen molar-refractivity contribution in [3.8, 4) is 5.75 Å². The normalized spacial score (nSPS) is 11.8. The molecule has 0 fully saturated rings. The lowest BCUT2D eigenvalue weighted by atomic mass is 10.1. The maximum Gasteiger partial charge on any atom is 0.256 e. The van der Waals surface area contributed by atoms with Crippen molar-refractivity contribution >= 4 is 32.7 Å². The highest BCUT2D eigenvalue weighted by atomic mass is 32.2. The molecule has 2 aromatic carbocycles. The first-order valence-electron chi connectivity index (χ1n) is 8.84. The molecule has 0 atom stereocenters. The minimum Gasteiger partial charge on any atom is -0.494 e. The first-order valence-corrected chi connectivity index (χ1v) is 11.5. The zero-order valence-corrected chi connectivity index (χ0v) is 17.3. The number of sulfone groups is 1. The summed E-state index contributed by atoms with van der Waals surface area (Å²) in [7, 11) is -3.24. The third-order valence-corrected chi connectivity index (χ3v) is 6.70. The molecule has 27 heavy (non-hydrogen) atoms. The average molecular weight is 406 g/mol. The predicted molar refractivity (Wildman–Crippen MR) is 108 cm³/mol. The van der Waals surface area contributed by atoms with Crippen molar-refractivity contribution in [1.82, 2.24) is 4.98 Å². The van der Waals surface area contributed by atoms with Crippen LogP contribution in [0.4, 0.5) is 0 Å². The molecule has 1 aromatic heterocycles. The number of hydrogen-bond donors (Lipinski definition) is 0. The largest absolute Gasteiger partial charge is 0.494 e. The standard InChI is InChI=1S/C20H23NO4S2/c1-4-27(22,23)17-6-7-19-18(13-17)21-20(25-19)26-9-5-8-24-16-11-14(2)10-15(3)12-16/h6-7,10-13H,4-5,8-9H2,1-3H3. The van der Waals surface area contributed by atoms with Gasteiger partial charge >= 0.3 is 0 Å². The maximum atomic E-state index is 12.0. The van der Waals surface area contributed by atoms with Crippen LogP contribution in [0.25, 0.3) is 11.1 Å². The number of aromatic nitrogens is 1. The second-order valence-corrected chi connectivity index (χ2v) is 9.71. The molecule has 144 valence electrons.